The third-order valence-electron chi connectivity index (χ3n) is 5.51. The van der Waals surface area contributed by atoms with Crippen LogP contribution < -0.4 is 5.32 Å². The van der Waals surface area contributed by atoms with Crippen LogP contribution in [0.2, 0.25) is 0 Å². The molecular formula is C19H22N2O4. The second kappa shape index (κ2) is 6.26. The molecule has 2 fully saturated rings. The summed E-state index contributed by atoms with van der Waals surface area (Å²) < 4.78 is 5.86. The maximum absolute atomic E-state index is 12.9. The van der Waals surface area contributed by atoms with Crippen molar-refractivity contribution in [3.63, 3.8) is 0 Å². The number of imide groups is 1. The standard InChI is InChI=1S/C19H22N2O4/c1-11-14-10-12(16-4-2-3-9-25-16)5-6-13(14)19(24)21(11)15-7-8-17(22)20-18(15)23/h5-6,10-11,15-16H,2-4,7-9H2,1H3,(H,20,22,23)/t11-,15+,16-/m1/s1. The average molecular weight is 342 g/mol. The maximum Gasteiger partial charge on any atom is 0.255 e. The van der Waals surface area contributed by atoms with Crippen molar-refractivity contribution in [3.05, 3.63) is 34.9 Å². The third-order valence-corrected chi connectivity index (χ3v) is 5.51. The number of ether oxygens (including phenoxy) is 1. The zero-order chi connectivity index (χ0) is 17.6. The summed E-state index contributed by atoms with van der Waals surface area (Å²) in [6.45, 7) is 2.72. The normalized spacial score (nSPS) is 29.6. The molecule has 0 aliphatic carbocycles. The molecule has 0 radical (unpaired) electrons. The van der Waals surface area contributed by atoms with Crippen molar-refractivity contribution in [2.24, 2.45) is 0 Å². The van der Waals surface area contributed by atoms with Gasteiger partial charge in [0.05, 0.1) is 12.1 Å². The van der Waals surface area contributed by atoms with Crippen LogP contribution in [0.15, 0.2) is 18.2 Å². The minimum Gasteiger partial charge on any atom is -0.374 e. The molecule has 6 nitrogen and oxygen atoms in total. The highest BCUT2D eigenvalue weighted by molar-refractivity contribution is 6.05. The smallest absolute Gasteiger partial charge is 0.255 e. The third kappa shape index (κ3) is 2.74. The lowest BCUT2D eigenvalue weighted by atomic mass is 9.96. The maximum atomic E-state index is 12.9. The predicted molar refractivity (Wildman–Crippen MR) is 89.7 cm³/mol. The zero-order valence-electron chi connectivity index (χ0n) is 14.3. The molecule has 1 aromatic rings. The van der Waals surface area contributed by atoms with Gasteiger partial charge in [-0.3, -0.25) is 19.7 Å². The highest BCUT2D eigenvalue weighted by Crippen LogP contribution is 2.39. The minimum atomic E-state index is -0.581. The Kier molecular flexibility index (Phi) is 4.07. The summed E-state index contributed by atoms with van der Waals surface area (Å²) in [5.74, 6) is -0.775. The van der Waals surface area contributed by atoms with Gasteiger partial charge in [-0.2, -0.15) is 0 Å². The lowest BCUT2D eigenvalue weighted by molar-refractivity contribution is -0.137. The molecule has 0 spiro atoms. The fourth-order valence-corrected chi connectivity index (χ4v) is 4.15. The molecule has 1 aromatic carbocycles. The summed E-state index contributed by atoms with van der Waals surface area (Å²) in [5, 5.41) is 2.35. The molecule has 2 saturated heterocycles. The number of carbonyl (C=O) groups is 3. The number of carbonyl (C=O) groups excluding carboxylic acids is 3. The Bertz CT molecular complexity index is 739. The van der Waals surface area contributed by atoms with Gasteiger partial charge in [-0.15, -0.1) is 0 Å². The number of hydrogen-bond donors (Lipinski definition) is 1. The highest BCUT2D eigenvalue weighted by Gasteiger charge is 2.43. The first-order chi connectivity index (χ1) is 12.1. The molecule has 4 rings (SSSR count). The Morgan fingerprint density at radius 1 is 1.16 bits per heavy atom. The number of nitrogens with one attached hydrogen (secondary N) is 1. The van der Waals surface area contributed by atoms with E-state index < -0.39 is 6.04 Å². The fraction of sp³-hybridized carbons (Fsp3) is 0.526. The van der Waals surface area contributed by atoms with Crippen LogP contribution in [-0.4, -0.2) is 35.3 Å². The number of fused-ring (bicyclic) bond motifs is 1. The van der Waals surface area contributed by atoms with Crippen molar-refractivity contribution in [2.75, 3.05) is 6.61 Å². The van der Waals surface area contributed by atoms with Gasteiger partial charge in [-0.1, -0.05) is 12.1 Å². The number of rotatable bonds is 2. The number of hydrogen-bond acceptors (Lipinski definition) is 4. The quantitative estimate of drug-likeness (QED) is 0.837. The SMILES string of the molecule is C[C@@H]1c2cc([C@H]3CCCCO3)ccc2C(=O)N1[C@H]1CCC(=O)NC1=O. The van der Waals surface area contributed by atoms with E-state index >= 15 is 0 Å². The van der Waals surface area contributed by atoms with E-state index in [2.05, 4.69) is 11.4 Å². The Morgan fingerprint density at radius 2 is 2.00 bits per heavy atom. The highest BCUT2D eigenvalue weighted by atomic mass is 16.5. The van der Waals surface area contributed by atoms with Crippen LogP contribution in [0.25, 0.3) is 0 Å². The topological polar surface area (TPSA) is 75.7 Å². The number of piperidine rings is 1. The van der Waals surface area contributed by atoms with Gasteiger partial charge < -0.3 is 9.64 Å². The van der Waals surface area contributed by atoms with Crippen molar-refractivity contribution in [3.8, 4) is 0 Å². The molecular weight excluding hydrogens is 320 g/mol. The summed E-state index contributed by atoms with van der Waals surface area (Å²) in [4.78, 5) is 38.1. The molecule has 3 heterocycles. The van der Waals surface area contributed by atoms with Gasteiger partial charge in [-0.25, -0.2) is 0 Å². The molecule has 0 bridgehead atoms. The predicted octanol–water partition coefficient (Wildman–Crippen LogP) is 2.25. The summed E-state index contributed by atoms with van der Waals surface area (Å²) in [6.07, 6.45) is 3.99. The van der Waals surface area contributed by atoms with E-state index in [4.69, 9.17) is 4.74 Å². The number of benzene rings is 1. The molecule has 3 atom stereocenters. The van der Waals surface area contributed by atoms with E-state index in [1.165, 1.54) is 0 Å². The number of nitrogens with zero attached hydrogens (tertiary/aromatic N) is 1. The molecule has 6 heteroatoms. The summed E-state index contributed by atoms with van der Waals surface area (Å²) in [5.41, 5.74) is 2.70. The van der Waals surface area contributed by atoms with E-state index in [-0.39, 0.29) is 36.3 Å². The molecule has 3 aliphatic rings. The molecule has 3 amide bonds. The Labute approximate surface area is 146 Å². The largest absolute Gasteiger partial charge is 0.374 e. The monoisotopic (exact) mass is 342 g/mol. The van der Waals surface area contributed by atoms with Crippen LogP contribution in [0, 0.1) is 0 Å². The molecule has 132 valence electrons. The molecule has 1 N–H and O–H groups in total. The van der Waals surface area contributed by atoms with E-state index in [9.17, 15) is 14.4 Å². The van der Waals surface area contributed by atoms with Crippen LogP contribution >= 0.6 is 0 Å². The lowest BCUT2D eigenvalue weighted by Gasteiger charge is -2.33. The lowest BCUT2D eigenvalue weighted by Crippen LogP contribution is -2.53. The Balaban J connectivity index is 1.62. The van der Waals surface area contributed by atoms with E-state index in [0.29, 0.717) is 12.0 Å². The summed E-state index contributed by atoms with van der Waals surface area (Å²) >= 11 is 0. The molecule has 0 aromatic heterocycles. The van der Waals surface area contributed by atoms with Gasteiger partial charge >= 0.3 is 0 Å². The number of amides is 3. The Morgan fingerprint density at radius 3 is 2.72 bits per heavy atom. The van der Waals surface area contributed by atoms with Crippen molar-refractivity contribution in [2.45, 2.75) is 57.2 Å². The summed E-state index contributed by atoms with van der Waals surface area (Å²) in [6, 6.07) is 5.11. The molecule has 0 saturated carbocycles. The van der Waals surface area contributed by atoms with E-state index in [1.807, 2.05) is 19.1 Å². The first-order valence-electron chi connectivity index (χ1n) is 8.98. The van der Waals surface area contributed by atoms with Gasteiger partial charge in [0, 0.05) is 18.6 Å². The van der Waals surface area contributed by atoms with Gasteiger partial charge in [0.15, 0.2) is 0 Å². The summed E-state index contributed by atoms with van der Waals surface area (Å²) in [7, 11) is 0. The van der Waals surface area contributed by atoms with Crippen molar-refractivity contribution in [1.82, 2.24) is 10.2 Å². The van der Waals surface area contributed by atoms with Gasteiger partial charge in [0.2, 0.25) is 11.8 Å². The van der Waals surface area contributed by atoms with E-state index in [1.54, 1.807) is 4.90 Å². The van der Waals surface area contributed by atoms with Crippen LogP contribution in [0.4, 0.5) is 0 Å². The molecule has 3 aliphatic heterocycles. The van der Waals surface area contributed by atoms with Gasteiger partial charge in [-0.05, 0) is 49.8 Å². The first-order valence-corrected chi connectivity index (χ1v) is 8.98. The minimum absolute atomic E-state index is 0.0889. The zero-order valence-corrected chi connectivity index (χ0v) is 14.3. The average Bonchev–Trinajstić information content (AvgIpc) is 2.87. The van der Waals surface area contributed by atoms with Crippen LogP contribution in [0.5, 0.6) is 0 Å². The van der Waals surface area contributed by atoms with Crippen LogP contribution in [0.1, 0.15) is 72.7 Å². The van der Waals surface area contributed by atoms with Crippen molar-refractivity contribution >= 4 is 17.7 Å². The van der Waals surface area contributed by atoms with Crippen LogP contribution in [0.3, 0.4) is 0 Å². The Hall–Kier alpha value is -2.21. The second-order valence-corrected chi connectivity index (χ2v) is 7.06. The fourth-order valence-electron chi connectivity index (χ4n) is 4.15. The van der Waals surface area contributed by atoms with E-state index in [0.717, 1.165) is 37.0 Å². The second-order valence-electron chi connectivity index (χ2n) is 7.06. The molecule has 25 heavy (non-hydrogen) atoms. The van der Waals surface area contributed by atoms with Crippen molar-refractivity contribution in [1.29, 1.82) is 0 Å². The molecule has 0 unspecified atom stereocenters. The van der Waals surface area contributed by atoms with Crippen LogP contribution in [-0.2, 0) is 14.3 Å². The van der Waals surface area contributed by atoms with Gasteiger partial charge in [0.1, 0.15) is 6.04 Å². The van der Waals surface area contributed by atoms with Crippen molar-refractivity contribution < 1.29 is 19.1 Å². The van der Waals surface area contributed by atoms with Gasteiger partial charge in [0.25, 0.3) is 5.91 Å². The first kappa shape index (κ1) is 16.3.